The highest BCUT2D eigenvalue weighted by molar-refractivity contribution is 4.84. The van der Waals surface area contributed by atoms with Crippen LogP contribution in [0.1, 0.15) is 59.8 Å². The molecule has 0 spiro atoms. The van der Waals surface area contributed by atoms with Crippen molar-refractivity contribution in [2.24, 2.45) is 5.92 Å². The Morgan fingerprint density at radius 1 is 0.654 bits per heavy atom. The molecular formula is C22H44N4. The Bertz CT molecular complexity index is 395. The Morgan fingerprint density at radius 3 is 1.85 bits per heavy atom. The van der Waals surface area contributed by atoms with E-state index >= 15 is 0 Å². The molecule has 3 aliphatic heterocycles. The van der Waals surface area contributed by atoms with Crippen molar-refractivity contribution in [3.05, 3.63) is 0 Å². The first kappa shape index (κ1) is 20.6. The van der Waals surface area contributed by atoms with Gasteiger partial charge in [0.15, 0.2) is 0 Å². The van der Waals surface area contributed by atoms with Crippen LogP contribution in [0.3, 0.4) is 0 Å². The first-order chi connectivity index (χ1) is 12.5. The van der Waals surface area contributed by atoms with Crippen molar-refractivity contribution in [3.8, 4) is 0 Å². The Morgan fingerprint density at radius 2 is 1.23 bits per heavy atom. The summed E-state index contributed by atoms with van der Waals surface area (Å²) in [5, 5.41) is 0. The molecule has 4 heteroatoms. The molecule has 0 aromatic rings. The number of likely N-dealkylation sites (tertiary alicyclic amines) is 2. The molecule has 0 N–H and O–H groups in total. The maximum atomic E-state index is 2.82. The maximum Gasteiger partial charge on any atom is 0.0113 e. The molecule has 0 radical (unpaired) electrons. The van der Waals surface area contributed by atoms with E-state index in [1.807, 2.05) is 0 Å². The van der Waals surface area contributed by atoms with Crippen LogP contribution in [0.25, 0.3) is 0 Å². The predicted molar refractivity (Wildman–Crippen MR) is 112 cm³/mol. The van der Waals surface area contributed by atoms with Gasteiger partial charge < -0.3 is 14.7 Å². The molecule has 3 saturated heterocycles. The normalized spacial score (nSPS) is 29.5. The number of piperidine rings is 1. The summed E-state index contributed by atoms with van der Waals surface area (Å²) < 4.78 is 0. The molecule has 0 aliphatic carbocycles. The first-order valence-corrected chi connectivity index (χ1v) is 11.5. The summed E-state index contributed by atoms with van der Waals surface area (Å²) in [5.41, 5.74) is 0. The third kappa shape index (κ3) is 5.67. The van der Waals surface area contributed by atoms with E-state index in [0.717, 1.165) is 18.0 Å². The van der Waals surface area contributed by atoms with Gasteiger partial charge in [-0.15, -0.1) is 0 Å². The summed E-state index contributed by atoms with van der Waals surface area (Å²) >= 11 is 0. The average molecular weight is 365 g/mol. The van der Waals surface area contributed by atoms with E-state index in [4.69, 9.17) is 0 Å². The smallest absolute Gasteiger partial charge is 0.0113 e. The number of hydrogen-bond acceptors (Lipinski definition) is 4. The van der Waals surface area contributed by atoms with E-state index in [-0.39, 0.29) is 0 Å². The van der Waals surface area contributed by atoms with Gasteiger partial charge in [-0.2, -0.15) is 0 Å². The van der Waals surface area contributed by atoms with Gasteiger partial charge in [-0.05, 0) is 91.9 Å². The monoisotopic (exact) mass is 364 g/mol. The Hall–Kier alpha value is -0.160. The van der Waals surface area contributed by atoms with Crippen LogP contribution in [0.2, 0.25) is 0 Å². The van der Waals surface area contributed by atoms with Gasteiger partial charge in [0.05, 0.1) is 0 Å². The van der Waals surface area contributed by atoms with Crippen LogP contribution in [0.4, 0.5) is 0 Å². The molecule has 152 valence electrons. The highest BCUT2D eigenvalue weighted by atomic mass is 15.3. The predicted octanol–water partition coefficient (Wildman–Crippen LogP) is 2.99. The fourth-order valence-corrected chi connectivity index (χ4v) is 5.31. The van der Waals surface area contributed by atoms with Crippen LogP contribution in [-0.4, -0.2) is 96.6 Å². The van der Waals surface area contributed by atoms with Gasteiger partial charge in [0.1, 0.15) is 0 Å². The molecule has 0 saturated carbocycles. The fraction of sp³-hybridized carbons (Fsp3) is 1.00. The van der Waals surface area contributed by atoms with Gasteiger partial charge >= 0.3 is 0 Å². The second-order valence-electron chi connectivity index (χ2n) is 9.62. The molecule has 0 bridgehead atoms. The minimum atomic E-state index is 0.715. The number of rotatable bonds is 5. The second-order valence-corrected chi connectivity index (χ2v) is 9.62. The largest absolute Gasteiger partial charge is 0.301 e. The minimum absolute atomic E-state index is 0.715. The van der Waals surface area contributed by atoms with E-state index in [0.29, 0.717) is 6.04 Å². The van der Waals surface area contributed by atoms with Gasteiger partial charge in [0, 0.05) is 50.8 Å². The third-order valence-electron chi connectivity index (χ3n) is 7.28. The standard InChI is InChI=1S/C22H44N4/c1-19(2)24-10-5-6-22(9-13-24)26-16-14-23(15-17-26)18-21-7-11-25(12-8-21)20(3)4/h19-22H,5-18H2,1-4H3. The molecule has 3 rings (SSSR count). The van der Waals surface area contributed by atoms with Crippen molar-refractivity contribution in [2.45, 2.75) is 77.9 Å². The van der Waals surface area contributed by atoms with E-state index < -0.39 is 0 Å². The fourth-order valence-electron chi connectivity index (χ4n) is 5.31. The Labute approximate surface area is 162 Å². The molecular weight excluding hydrogens is 320 g/mol. The highest BCUT2D eigenvalue weighted by Crippen LogP contribution is 2.23. The second kappa shape index (κ2) is 9.86. The Kier molecular flexibility index (Phi) is 7.80. The number of nitrogens with zero attached hydrogens (tertiary/aromatic N) is 4. The number of piperazine rings is 1. The molecule has 3 heterocycles. The average Bonchev–Trinajstić information content (AvgIpc) is 2.89. The van der Waals surface area contributed by atoms with Crippen LogP contribution >= 0.6 is 0 Å². The lowest BCUT2D eigenvalue weighted by Crippen LogP contribution is -2.52. The van der Waals surface area contributed by atoms with Gasteiger partial charge in [-0.1, -0.05) is 0 Å². The van der Waals surface area contributed by atoms with E-state index in [9.17, 15) is 0 Å². The van der Waals surface area contributed by atoms with Crippen LogP contribution in [-0.2, 0) is 0 Å². The lowest BCUT2D eigenvalue weighted by molar-refractivity contribution is 0.0644. The molecule has 0 amide bonds. The molecule has 0 aromatic carbocycles. The Balaban J connectivity index is 1.37. The maximum absolute atomic E-state index is 2.82. The van der Waals surface area contributed by atoms with Crippen LogP contribution in [0, 0.1) is 5.92 Å². The minimum Gasteiger partial charge on any atom is -0.301 e. The topological polar surface area (TPSA) is 13.0 Å². The quantitative estimate of drug-likeness (QED) is 0.743. The van der Waals surface area contributed by atoms with Gasteiger partial charge in [0.25, 0.3) is 0 Å². The van der Waals surface area contributed by atoms with E-state index in [1.54, 1.807) is 0 Å². The number of hydrogen-bond donors (Lipinski definition) is 0. The summed E-state index contributed by atoms with van der Waals surface area (Å²) in [6.45, 7) is 21.2. The summed E-state index contributed by atoms with van der Waals surface area (Å²) in [5.74, 6) is 0.939. The van der Waals surface area contributed by atoms with Crippen molar-refractivity contribution < 1.29 is 0 Å². The molecule has 1 unspecified atom stereocenters. The summed E-state index contributed by atoms with van der Waals surface area (Å²) in [6.07, 6.45) is 7.00. The summed E-state index contributed by atoms with van der Waals surface area (Å²) in [7, 11) is 0. The lowest BCUT2D eigenvalue weighted by Gasteiger charge is -2.42. The zero-order valence-corrected chi connectivity index (χ0v) is 18.0. The molecule has 4 nitrogen and oxygen atoms in total. The molecule has 26 heavy (non-hydrogen) atoms. The van der Waals surface area contributed by atoms with Crippen molar-refractivity contribution in [1.82, 2.24) is 19.6 Å². The van der Waals surface area contributed by atoms with Gasteiger partial charge in [-0.3, -0.25) is 4.90 Å². The zero-order chi connectivity index (χ0) is 18.5. The van der Waals surface area contributed by atoms with Crippen molar-refractivity contribution in [2.75, 3.05) is 58.9 Å². The van der Waals surface area contributed by atoms with E-state index in [2.05, 4.69) is 47.3 Å². The lowest BCUT2D eigenvalue weighted by atomic mass is 9.95. The molecule has 1 atom stereocenters. The first-order valence-electron chi connectivity index (χ1n) is 11.5. The van der Waals surface area contributed by atoms with Crippen molar-refractivity contribution >= 4 is 0 Å². The van der Waals surface area contributed by atoms with Crippen molar-refractivity contribution in [1.29, 1.82) is 0 Å². The van der Waals surface area contributed by atoms with Crippen molar-refractivity contribution in [3.63, 3.8) is 0 Å². The SMILES string of the molecule is CC(C)N1CCC(CN2CCN(C3CCCN(C(C)C)CC3)CC2)CC1. The highest BCUT2D eigenvalue weighted by Gasteiger charge is 2.28. The zero-order valence-electron chi connectivity index (χ0n) is 18.0. The third-order valence-corrected chi connectivity index (χ3v) is 7.28. The van der Waals surface area contributed by atoms with Crippen LogP contribution in [0.5, 0.6) is 0 Å². The summed E-state index contributed by atoms with van der Waals surface area (Å²) in [6, 6.07) is 2.29. The van der Waals surface area contributed by atoms with E-state index in [1.165, 1.54) is 91.0 Å². The van der Waals surface area contributed by atoms with Crippen LogP contribution in [0.15, 0.2) is 0 Å². The molecule has 0 aromatic heterocycles. The van der Waals surface area contributed by atoms with Gasteiger partial charge in [0.2, 0.25) is 0 Å². The molecule has 3 aliphatic rings. The molecule has 3 fully saturated rings. The summed E-state index contributed by atoms with van der Waals surface area (Å²) in [4.78, 5) is 10.9. The van der Waals surface area contributed by atoms with Crippen LogP contribution < -0.4 is 0 Å². The van der Waals surface area contributed by atoms with Gasteiger partial charge in [-0.25, -0.2) is 0 Å².